The molecule has 4 aliphatic rings. The Morgan fingerprint density at radius 3 is 2.52 bits per heavy atom. The number of amides is 2. The van der Waals surface area contributed by atoms with Gasteiger partial charge in [0.25, 0.3) is 5.91 Å². The van der Waals surface area contributed by atoms with E-state index in [0.29, 0.717) is 37.2 Å². The number of nitrogens with one attached hydrogen (secondary N) is 3. The van der Waals surface area contributed by atoms with Crippen molar-refractivity contribution >= 4 is 29.5 Å². The standard InChI is InChI=1S/C35H40FN9O3/c1-19-32-26(14-39-45(32)24-16-44(17-24)15-21-5-3-6-22(18-46)30(21)36)25-7-4-8-27(33(25)43(19)2)41-28(31(38)35(48)40-23-11-12-23)13-29(37)42-34(47)20-9-10-20/h3-8,13-14,18-20,23-24,41H,9-12,15-17,37-38H2,1-2H3,(H,40,48)(H,42,47)/b29-13+,31-28+. The third-order valence-electron chi connectivity index (χ3n) is 9.64. The summed E-state index contributed by atoms with van der Waals surface area (Å²) in [6.45, 7) is 3.94. The van der Waals surface area contributed by atoms with Gasteiger partial charge in [-0.15, -0.1) is 0 Å². The van der Waals surface area contributed by atoms with Gasteiger partial charge in [0.15, 0.2) is 6.29 Å². The highest BCUT2D eigenvalue weighted by atomic mass is 19.1. The second-order valence-corrected chi connectivity index (χ2v) is 13.2. The fraction of sp³-hybridized carbons (Fsp3) is 0.371. The molecule has 12 nitrogen and oxygen atoms in total. The number of fused-ring (bicyclic) bond motifs is 3. The Kier molecular flexibility index (Phi) is 8.15. The van der Waals surface area contributed by atoms with E-state index >= 15 is 0 Å². The molecule has 13 heteroatoms. The maximum absolute atomic E-state index is 14.7. The van der Waals surface area contributed by atoms with E-state index in [9.17, 15) is 18.8 Å². The van der Waals surface area contributed by atoms with Crippen LogP contribution in [0, 0.1) is 11.7 Å². The second-order valence-electron chi connectivity index (χ2n) is 13.2. The maximum atomic E-state index is 14.7. The van der Waals surface area contributed by atoms with E-state index in [1.807, 2.05) is 31.4 Å². The Balaban J connectivity index is 1.15. The van der Waals surface area contributed by atoms with Gasteiger partial charge >= 0.3 is 0 Å². The molecule has 2 amide bonds. The summed E-state index contributed by atoms with van der Waals surface area (Å²) in [4.78, 5) is 40.9. The van der Waals surface area contributed by atoms with Crippen molar-refractivity contribution in [1.29, 1.82) is 0 Å². The van der Waals surface area contributed by atoms with Crippen LogP contribution in [0.5, 0.6) is 0 Å². The Hall–Kier alpha value is -5.17. The van der Waals surface area contributed by atoms with Crippen LogP contribution < -0.4 is 32.3 Å². The lowest BCUT2D eigenvalue weighted by Gasteiger charge is -2.42. The minimum absolute atomic E-state index is 0.0320. The van der Waals surface area contributed by atoms with Crippen molar-refractivity contribution in [3.05, 3.63) is 88.5 Å². The van der Waals surface area contributed by atoms with Gasteiger partial charge in [0, 0.05) is 61.4 Å². The number of benzene rings is 2. The highest BCUT2D eigenvalue weighted by Crippen LogP contribution is 2.48. The lowest BCUT2D eigenvalue weighted by molar-refractivity contribution is -0.121. The normalized spacial score (nSPS) is 19.9. The van der Waals surface area contributed by atoms with Crippen LogP contribution in [0.2, 0.25) is 0 Å². The van der Waals surface area contributed by atoms with Crippen molar-refractivity contribution in [2.24, 2.45) is 17.4 Å². The molecule has 2 aromatic carbocycles. The van der Waals surface area contributed by atoms with Gasteiger partial charge in [-0.05, 0) is 44.7 Å². The van der Waals surface area contributed by atoms with Crippen LogP contribution in [-0.4, -0.2) is 59.0 Å². The van der Waals surface area contributed by atoms with Crippen LogP contribution in [-0.2, 0) is 16.1 Å². The molecule has 48 heavy (non-hydrogen) atoms. The number of nitrogens with two attached hydrogens (primary N) is 2. The molecular weight excluding hydrogens is 613 g/mol. The quantitative estimate of drug-likeness (QED) is 0.119. The molecule has 1 aromatic heterocycles. The van der Waals surface area contributed by atoms with Crippen molar-refractivity contribution in [1.82, 2.24) is 25.3 Å². The fourth-order valence-corrected chi connectivity index (χ4v) is 6.51. The van der Waals surface area contributed by atoms with E-state index in [1.54, 1.807) is 12.1 Å². The molecule has 3 aromatic rings. The van der Waals surface area contributed by atoms with E-state index in [2.05, 4.69) is 37.4 Å². The van der Waals surface area contributed by atoms with E-state index in [1.165, 1.54) is 12.1 Å². The number of anilines is 2. The summed E-state index contributed by atoms with van der Waals surface area (Å²) in [7, 11) is 2.01. The lowest BCUT2D eigenvalue weighted by atomic mass is 9.93. The topological polar surface area (TPSA) is 164 Å². The first-order chi connectivity index (χ1) is 23.1. The smallest absolute Gasteiger partial charge is 0.269 e. The van der Waals surface area contributed by atoms with Gasteiger partial charge in [-0.1, -0.05) is 24.3 Å². The summed E-state index contributed by atoms with van der Waals surface area (Å²) in [5, 5.41) is 13.8. The van der Waals surface area contributed by atoms with E-state index in [4.69, 9.17) is 16.6 Å². The number of allylic oxidation sites excluding steroid dienone is 1. The van der Waals surface area contributed by atoms with Crippen LogP contribution in [0.25, 0.3) is 11.1 Å². The van der Waals surface area contributed by atoms with E-state index in [-0.39, 0.29) is 52.7 Å². The number of aldehydes is 1. The zero-order valence-corrected chi connectivity index (χ0v) is 27.0. The number of rotatable bonds is 11. The maximum Gasteiger partial charge on any atom is 0.269 e. The van der Waals surface area contributed by atoms with Gasteiger partial charge in [0.2, 0.25) is 5.91 Å². The molecule has 1 atom stereocenters. The Morgan fingerprint density at radius 1 is 1.06 bits per heavy atom. The number of hydrogen-bond acceptors (Lipinski definition) is 9. The molecule has 7 N–H and O–H groups in total. The molecule has 3 heterocycles. The molecule has 0 bridgehead atoms. The molecule has 3 fully saturated rings. The lowest BCUT2D eigenvalue weighted by Crippen LogP contribution is -2.48. The summed E-state index contributed by atoms with van der Waals surface area (Å²) in [5.74, 6) is -0.950. The van der Waals surface area contributed by atoms with Crippen LogP contribution in [0.15, 0.2) is 65.9 Å². The van der Waals surface area contributed by atoms with Gasteiger partial charge in [0.1, 0.15) is 17.3 Å². The number of hydrogen-bond donors (Lipinski definition) is 5. The van der Waals surface area contributed by atoms with Gasteiger partial charge < -0.3 is 32.3 Å². The molecular formula is C35H40FN9O3. The van der Waals surface area contributed by atoms with Crippen LogP contribution in [0.3, 0.4) is 0 Å². The first kappa shape index (κ1) is 31.4. The van der Waals surface area contributed by atoms with Crippen molar-refractivity contribution < 1.29 is 18.8 Å². The number of halogens is 1. The van der Waals surface area contributed by atoms with E-state index in [0.717, 1.165) is 48.2 Å². The minimum atomic E-state index is -0.465. The van der Waals surface area contributed by atoms with Crippen molar-refractivity contribution in [3.63, 3.8) is 0 Å². The predicted octanol–water partition coefficient (Wildman–Crippen LogP) is 3.26. The van der Waals surface area contributed by atoms with E-state index < -0.39 is 11.7 Å². The summed E-state index contributed by atoms with van der Waals surface area (Å²) in [5.41, 5.74) is 18.1. The predicted molar refractivity (Wildman–Crippen MR) is 180 cm³/mol. The van der Waals surface area contributed by atoms with Gasteiger partial charge in [-0.25, -0.2) is 4.39 Å². The largest absolute Gasteiger partial charge is 0.393 e. The highest BCUT2D eigenvalue weighted by molar-refractivity contribution is 5.96. The molecule has 7 rings (SSSR count). The third-order valence-corrected chi connectivity index (χ3v) is 9.64. The molecule has 1 saturated heterocycles. The SMILES string of the molecule is CC1c2c(cnn2C2CN(Cc3cccc(C=O)c3F)C2)-c2cccc(NC(/C=C(\N)NC(=O)C3CC3)=C(/N)C(=O)NC3CC3)c2N1C. The first-order valence-electron chi connectivity index (χ1n) is 16.4. The van der Waals surface area contributed by atoms with Gasteiger partial charge in [-0.3, -0.25) is 24.0 Å². The Morgan fingerprint density at radius 2 is 1.81 bits per heavy atom. The summed E-state index contributed by atoms with van der Waals surface area (Å²) >= 11 is 0. The number of aromatic nitrogens is 2. The van der Waals surface area contributed by atoms with Gasteiger partial charge in [-0.2, -0.15) is 5.10 Å². The van der Waals surface area contributed by atoms with Crippen molar-refractivity contribution in [2.45, 2.75) is 57.3 Å². The minimum Gasteiger partial charge on any atom is -0.393 e. The summed E-state index contributed by atoms with van der Waals surface area (Å²) < 4.78 is 16.7. The molecule has 2 aliphatic heterocycles. The van der Waals surface area contributed by atoms with Crippen LogP contribution >= 0.6 is 0 Å². The monoisotopic (exact) mass is 653 g/mol. The number of para-hydroxylation sites is 1. The molecule has 2 saturated carbocycles. The molecule has 1 unspecified atom stereocenters. The van der Waals surface area contributed by atoms with Gasteiger partial charge in [0.05, 0.1) is 46.6 Å². The first-order valence-corrected chi connectivity index (χ1v) is 16.4. The Labute approximate surface area is 278 Å². The third kappa shape index (κ3) is 6.01. The average Bonchev–Trinajstić information content (AvgIpc) is 3.99. The van der Waals surface area contributed by atoms with Crippen molar-refractivity contribution in [2.75, 3.05) is 30.4 Å². The number of nitrogens with zero attached hydrogens (tertiary/aromatic N) is 4. The molecule has 2 aliphatic carbocycles. The Bertz CT molecular complexity index is 1850. The molecule has 0 radical (unpaired) electrons. The van der Waals surface area contributed by atoms with Crippen LogP contribution in [0.4, 0.5) is 15.8 Å². The number of likely N-dealkylation sites (tertiary alicyclic amines) is 1. The van der Waals surface area contributed by atoms with Crippen molar-refractivity contribution in [3.8, 4) is 11.1 Å². The summed E-state index contributed by atoms with van der Waals surface area (Å²) in [6.07, 6.45) is 7.42. The zero-order valence-electron chi connectivity index (χ0n) is 27.0. The average molecular weight is 654 g/mol. The molecule has 0 spiro atoms. The summed E-state index contributed by atoms with van der Waals surface area (Å²) in [6, 6.07) is 10.9. The molecule has 250 valence electrons. The second kappa shape index (κ2) is 12.5. The fourth-order valence-electron chi connectivity index (χ4n) is 6.51. The highest BCUT2D eigenvalue weighted by Gasteiger charge is 2.37. The number of carbonyl (C=O) groups is 3. The zero-order chi connectivity index (χ0) is 33.7. The van der Waals surface area contributed by atoms with Crippen LogP contribution in [0.1, 0.15) is 66.3 Å². The number of carbonyl (C=O) groups excluding carboxylic acids is 3.